The first-order chi connectivity index (χ1) is 10.0. The third-order valence-corrected chi connectivity index (χ3v) is 3.29. The third-order valence-electron chi connectivity index (χ3n) is 3.29. The monoisotopic (exact) mass is 295 g/mol. The van der Waals surface area contributed by atoms with E-state index in [2.05, 4.69) is 17.3 Å². The van der Waals surface area contributed by atoms with E-state index < -0.39 is 5.91 Å². The second kappa shape index (κ2) is 9.12. The average Bonchev–Trinajstić information content (AvgIpc) is 2.83. The van der Waals surface area contributed by atoms with Crippen molar-refractivity contribution in [2.75, 3.05) is 11.9 Å². The van der Waals surface area contributed by atoms with Crippen molar-refractivity contribution in [1.82, 2.24) is 9.78 Å². The van der Waals surface area contributed by atoms with Crippen LogP contribution < -0.4 is 16.8 Å². The van der Waals surface area contributed by atoms with Gasteiger partial charge < -0.3 is 16.8 Å². The van der Waals surface area contributed by atoms with Gasteiger partial charge >= 0.3 is 0 Å². The van der Waals surface area contributed by atoms with Crippen molar-refractivity contribution in [3.8, 4) is 0 Å². The summed E-state index contributed by atoms with van der Waals surface area (Å²) in [5.41, 5.74) is 11.2. The van der Waals surface area contributed by atoms with Crippen LogP contribution in [0.15, 0.2) is 12.4 Å². The smallest absolute Gasteiger partial charge is 0.239 e. The van der Waals surface area contributed by atoms with Crippen molar-refractivity contribution in [2.45, 2.75) is 45.6 Å². The summed E-state index contributed by atoms with van der Waals surface area (Å²) in [4.78, 5) is 22.7. The molecule has 0 fully saturated rings. The number of anilines is 1. The van der Waals surface area contributed by atoms with Gasteiger partial charge in [0.05, 0.1) is 11.9 Å². The maximum absolute atomic E-state index is 11.9. The number of nitrogens with two attached hydrogens (primary N) is 2. The lowest BCUT2D eigenvalue weighted by Crippen LogP contribution is -2.18. The number of primary amides is 1. The van der Waals surface area contributed by atoms with Crippen LogP contribution >= 0.6 is 0 Å². The van der Waals surface area contributed by atoms with Crippen LogP contribution in [0.4, 0.5) is 5.69 Å². The molecule has 0 bridgehead atoms. The number of nitrogens with zero attached hydrogens (tertiary/aromatic N) is 2. The first-order valence-electron chi connectivity index (χ1n) is 7.35. The zero-order valence-electron chi connectivity index (χ0n) is 12.5. The van der Waals surface area contributed by atoms with E-state index in [1.165, 1.54) is 10.9 Å². The first-order valence-corrected chi connectivity index (χ1v) is 7.35. The summed E-state index contributed by atoms with van der Waals surface area (Å²) in [7, 11) is 0. The minimum Gasteiger partial charge on any atom is -0.368 e. The van der Waals surface area contributed by atoms with Gasteiger partial charge in [-0.05, 0) is 25.3 Å². The van der Waals surface area contributed by atoms with Gasteiger partial charge in [0.15, 0.2) is 0 Å². The Morgan fingerprint density at radius 3 is 2.76 bits per heavy atom. The zero-order chi connectivity index (χ0) is 15.7. The van der Waals surface area contributed by atoms with Gasteiger partial charge in [-0.15, -0.1) is 0 Å². The van der Waals surface area contributed by atoms with Crippen molar-refractivity contribution in [1.29, 1.82) is 0 Å². The lowest BCUT2D eigenvalue weighted by Gasteiger charge is -2.14. The largest absolute Gasteiger partial charge is 0.368 e. The molecule has 5 N–H and O–H groups in total. The van der Waals surface area contributed by atoms with Gasteiger partial charge in [-0.1, -0.05) is 19.8 Å². The maximum Gasteiger partial charge on any atom is 0.239 e. The summed E-state index contributed by atoms with van der Waals surface area (Å²) in [6.45, 7) is 2.80. The zero-order valence-corrected chi connectivity index (χ0v) is 12.5. The SMILES string of the molecule is CCCC(CCN)CCC(=O)Nc1cnn(CC(N)=O)c1. The molecule has 1 atom stereocenters. The Labute approximate surface area is 125 Å². The highest BCUT2D eigenvalue weighted by Gasteiger charge is 2.11. The molecule has 0 saturated heterocycles. The predicted molar refractivity (Wildman–Crippen MR) is 81.4 cm³/mol. The Kier molecular flexibility index (Phi) is 7.45. The lowest BCUT2D eigenvalue weighted by atomic mass is 9.94. The number of nitrogens with one attached hydrogen (secondary N) is 1. The van der Waals surface area contributed by atoms with Gasteiger partial charge in [0.2, 0.25) is 11.8 Å². The summed E-state index contributed by atoms with van der Waals surface area (Å²) in [5.74, 6) is -0.0183. The van der Waals surface area contributed by atoms with Gasteiger partial charge in [0.1, 0.15) is 6.54 Å². The summed E-state index contributed by atoms with van der Waals surface area (Å²) in [6, 6.07) is 0. The molecule has 1 aromatic heterocycles. The fourth-order valence-corrected chi connectivity index (χ4v) is 2.31. The molecule has 1 rings (SSSR count). The fraction of sp³-hybridized carbons (Fsp3) is 0.643. The van der Waals surface area contributed by atoms with Crippen molar-refractivity contribution in [3.05, 3.63) is 12.4 Å². The normalized spacial score (nSPS) is 12.1. The molecule has 0 radical (unpaired) electrons. The molecule has 0 aromatic carbocycles. The minimum atomic E-state index is -0.472. The second-order valence-electron chi connectivity index (χ2n) is 5.21. The van der Waals surface area contributed by atoms with E-state index in [4.69, 9.17) is 11.5 Å². The Morgan fingerprint density at radius 2 is 2.14 bits per heavy atom. The molecule has 0 saturated carbocycles. The van der Waals surface area contributed by atoms with Gasteiger partial charge in [-0.25, -0.2) is 0 Å². The highest BCUT2D eigenvalue weighted by Crippen LogP contribution is 2.17. The van der Waals surface area contributed by atoms with E-state index in [9.17, 15) is 9.59 Å². The van der Waals surface area contributed by atoms with Crippen molar-refractivity contribution in [3.63, 3.8) is 0 Å². The van der Waals surface area contributed by atoms with Gasteiger partial charge in [0, 0.05) is 12.6 Å². The number of amides is 2. The number of hydrogen-bond acceptors (Lipinski definition) is 4. The molecule has 0 spiro atoms. The Balaban J connectivity index is 2.38. The molecule has 1 unspecified atom stereocenters. The van der Waals surface area contributed by atoms with Crippen molar-refractivity contribution >= 4 is 17.5 Å². The topological polar surface area (TPSA) is 116 Å². The third kappa shape index (κ3) is 6.89. The van der Waals surface area contributed by atoms with Gasteiger partial charge in [0.25, 0.3) is 0 Å². The molecule has 7 heteroatoms. The molecule has 2 amide bonds. The van der Waals surface area contributed by atoms with E-state index in [0.717, 1.165) is 25.7 Å². The van der Waals surface area contributed by atoms with E-state index in [-0.39, 0.29) is 12.5 Å². The van der Waals surface area contributed by atoms with Crippen LogP contribution in [0.5, 0.6) is 0 Å². The van der Waals surface area contributed by atoms with E-state index in [0.29, 0.717) is 24.6 Å². The molecule has 0 aliphatic carbocycles. The second-order valence-corrected chi connectivity index (χ2v) is 5.21. The highest BCUT2D eigenvalue weighted by atomic mass is 16.2. The molecular formula is C14H25N5O2. The summed E-state index contributed by atoms with van der Waals surface area (Å²) >= 11 is 0. The fourth-order valence-electron chi connectivity index (χ4n) is 2.31. The molecule has 1 heterocycles. The average molecular weight is 295 g/mol. The minimum absolute atomic E-state index is 0.00491. The molecule has 0 aliphatic rings. The van der Waals surface area contributed by atoms with Crippen LogP contribution in [0.2, 0.25) is 0 Å². The summed E-state index contributed by atoms with van der Waals surface area (Å²) in [6.07, 6.45) is 7.55. The number of carbonyl (C=O) groups is 2. The Morgan fingerprint density at radius 1 is 1.38 bits per heavy atom. The van der Waals surface area contributed by atoms with Crippen LogP contribution in [0.25, 0.3) is 0 Å². The quantitative estimate of drug-likeness (QED) is 0.593. The predicted octanol–water partition coefficient (Wildman–Crippen LogP) is 0.852. The summed E-state index contributed by atoms with van der Waals surface area (Å²) in [5, 5.41) is 6.72. The van der Waals surface area contributed by atoms with Crippen molar-refractivity contribution < 1.29 is 9.59 Å². The highest BCUT2D eigenvalue weighted by molar-refractivity contribution is 5.90. The van der Waals surface area contributed by atoms with Crippen LogP contribution in [-0.2, 0) is 16.1 Å². The lowest BCUT2D eigenvalue weighted by molar-refractivity contribution is -0.119. The Hall–Kier alpha value is -1.89. The summed E-state index contributed by atoms with van der Waals surface area (Å²) < 4.78 is 1.40. The molecule has 1 aromatic rings. The molecule has 118 valence electrons. The standard InChI is InChI=1S/C14H25N5O2/c1-2-3-11(6-7-15)4-5-14(21)18-12-8-17-19(9-12)10-13(16)20/h8-9,11H,2-7,10,15H2,1H3,(H2,16,20)(H,18,21). The van der Waals surface area contributed by atoms with Crippen LogP contribution in [0.1, 0.15) is 39.0 Å². The van der Waals surface area contributed by atoms with E-state index in [1.807, 2.05) is 0 Å². The van der Waals surface area contributed by atoms with Crippen LogP contribution in [0.3, 0.4) is 0 Å². The molecular weight excluding hydrogens is 270 g/mol. The Bertz CT molecular complexity index is 452. The first kappa shape index (κ1) is 17.2. The molecule has 0 aliphatic heterocycles. The number of hydrogen-bond donors (Lipinski definition) is 3. The van der Waals surface area contributed by atoms with E-state index in [1.54, 1.807) is 6.20 Å². The molecule has 21 heavy (non-hydrogen) atoms. The van der Waals surface area contributed by atoms with Gasteiger partial charge in [-0.3, -0.25) is 14.3 Å². The maximum atomic E-state index is 11.9. The molecule has 7 nitrogen and oxygen atoms in total. The van der Waals surface area contributed by atoms with Crippen molar-refractivity contribution in [2.24, 2.45) is 17.4 Å². The van der Waals surface area contributed by atoms with E-state index >= 15 is 0 Å². The number of aromatic nitrogens is 2. The van der Waals surface area contributed by atoms with Crippen LogP contribution in [-0.4, -0.2) is 28.1 Å². The van der Waals surface area contributed by atoms with Crippen LogP contribution in [0, 0.1) is 5.92 Å². The number of carbonyl (C=O) groups excluding carboxylic acids is 2. The number of rotatable bonds is 10. The van der Waals surface area contributed by atoms with Gasteiger partial charge in [-0.2, -0.15) is 5.10 Å².